The number of aliphatic hydroxyl groups is 1. The number of aliphatic hydroxyl groups excluding tert-OH is 1. The highest BCUT2D eigenvalue weighted by Crippen LogP contribution is 2.25. The number of nitrogens with one attached hydrogen (secondary N) is 1. The molecular formula is C11H14Cl2N2O3. The van der Waals surface area contributed by atoms with E-state index in [1.54, 1.807) is 18.2 Å². The summed E-state index contributed by atoms with van der Waals surface area (Å²) in [6.45, 7) is 0.797. The van der Waals surface area contributed by atoms with Gasteiger partial charge in [0.25, 0.3) is 0 Å². The first-order chi connectivity index (χ1) is 8.50. The van der Waals surface area contributed by atoms with Gasteiger partial charge in [-0.2, -0.15) is 0 Å². The van der Waals surface area contributed by atoms with Crippen LogP contribution < -0.4 is 11.1 Å². The Balaban J connectivity index is 2.38. The first-order valence-electron chi connectivity index (χ1n) is 5.26. The molecule has 1 rings (SSSR count). The fraction of sp³-hybridized carbons (Fsp3) is 0.364. The van der Waals surface area contributed by atoms with Gasteiger partial charge >= 0.3 is 6.09 Å². The molecule has 18 heavy (non-hydrogen) atoms. The van der Waals surface area contributed by atoms with Crippen molar-refractivity contribution in [1.29, 1.82) is 0 Å². The van der Waals surface area contributed by atoms with Gasteiger partial charge in [0.2, 0.25) is 0 Å². The second kappa shape index (κ2) is 7.43. The number of nitrogens with two attached hydrogens (primary N) is 1. The Labute approximate surface area is 115 Å². The van der Waals surface area contributed by atoms with Crippen molar-refractivity contribution in [2.45, 2.75) is 6.10 Å². The Morgan fingerprint density at radius 3 is 2.89 bits per heavy atom. The Bertz CT molecular complexity index is 415. The summed E-state index contributed by atoms with van der Waals surface area (Å²) < 4.78 is 4.52. The molecule has 100 valence electrons. The highest BCUT2D eigenvalue weighted by molar-refractivity contribution is 6.33. The molecule has 4 N–H and O–H groups in total. The number of carbonyl (C=O) groups excluding carboxylic acids is 1. The van der Waals surface area contributed by atoms with E-state index in [4.69, 9.17) is 28.9 Å². The summed E-state index contributed by atoms with van der Waals surface area (Å²) >= 11 is 11.8. The maximum atomic E-state index is 10.3. The van der Waals surface area contributed by atoms with Crippen LogP contribution in [0.2, 0.25) is 10.0 Å². The zero-order valence-corrected chi connectivity index (χ0v) is 11.0. The van der Waals surface area contributed by atoms with Gasteiger partial charge in [-0.1, -0.05) is 23.2 Å². The van der Waals surface area contributed by atoms with Crippen LogP contribution in [0, 0.1) is 0 Å². The lowest BCUT2D eigenvalue weighted by molar-refractivity contribution is 0.149. The number of rotatable bonds is 6. The van der Waals surface area contributed by atoms with Crippen LogP contribution in [0.5, 0.6) is 0 Å². The summed E-state index contributed by atoms with van der Waals surface area (Å²) in [6, 6.07) is 4.88. The van der Waals surface area contributed by atoms with Gasteiger partial charge in [-0.15, -0.1) is 0 Å². The van der Waals surface area contributed by atoms with Crippen LogP contribution in [-0.2, 0) is 4.74 Å². The number of hydrogen-bond acceptors (Lipinski definition) is 4. The minimum atomic E-state index is -0.824. The molecule has 5 nitrogen and oxygen atoms in total. The predicted molar refractivity (Wildman–Crippen MR) is 69.8 cm³/mol. The van der Waals surface area contributed by atoms with Crippen LogP contribution in [0.4, 0.5) is 4.79 Å². The highest BCUT2D eigenvalue weighted by Gasteiger charge is 2.11. The molecule has 0 spiro atoms. The first-order valence-corrected chi connectivity index (χ1v) is 6.02. The number of halogens is 2. The van der Waals surface area contributed by atoms with E-state index in [1.807, 2.05) is 0 Å². The predicted octanol–water partition coefficient (Wildman–Crippen LogP) is 1.71. The molecule has 0 aliphatic rings. The van der Waals surface area contributed by atoms with Crippen LogP contribution in [0.15, 0.2) is 18.2 Å². The zero-order chi connectivity index (χ0) is 13.5. The van der Waals surface area contributed by atoms with Crippen LogP contribution in [0.25, 0.3) is 0 Å². The highest BCUT2D eigenvalue weighted by atomic mass is 35.5. The normalized spacial score (nSPS) is 12.2. The smallest absolute Gasteiger partial charge is 0.404 e. The number of benzene rings is 1. The van der Waals surface area contributed by atoms with Gasteiger partial charge in [0.05, 0.1) is 6.10 Å². The van der Waals surface area contributed by atoms with Crippen molar-refractivity contribution in [1.82, 2.24) is 5.32 Å². The lowest BCUT2D eigenvalue weighted by atomic mass is 10.1. The van der Waals surface area contributed by atoms with Crippen molar-refractivity contribution in [3.63, 3.8) is 0 Å². The topological polar surface area (TPSA) is 84.6 Å². The van der Waals surface area contributed by atoms with Crippen LogP contribution >= 0.6 is 23.2 Å². The average molecular weight is 293 g/mol. The second-order valence-corrected chi connectivity index (χ2v) is 4.40. The fourth-order valence-electron chi connectivity index (χ4n) is 1.34. The molecule has 1 aromatic carbocycles. The van der Waals surface area contributed by atoms with Gasteiger partial charge in [0.15, 0.2) is 0 Å². The van der Waals surface area contributed by atoms with Gasteiger partial charge in [-0.25, -0.2) is 4.79 Å². The molecule has 0 aliphatic heterocycles. The van der Waals surface area contributed by atoms with Crippen molar-refractivity contribution in [3.05, 3.63) is 33.8 Å². The molecule has 1 amide bonds. The minimum absolute atomic E-state index is 0.144. The van der Waals surface area contributed by atoms with Gasteiger partial charge in [-0.3, -0.25) is 0 Å². The molecule has 0 saturated heterocycles. The van der Waals surface area contributed by atoms with Crippen molar-refractivity contribution in [2.24, 2.45) is 5.73 Å². The van der Waals surface area contributed by atoms with Crippen molar-refractivity contribution in [3.8, 4) is 0 Å². The van der Waals surface area contributed by atoms with Gasteiger partial charge < -0.3 is 20.9 Å². The molecule has 0 aromatic heterocycles. The van der Waals surface area contributed by atoms with Crippen LogP contribution in [0.1, 0.15) is 11.7 Å². The molecule has 0 aliphatic carbocycles. The summed E-state index contributed by atoms with van der Waals surface area (Å²) in [4.78, 5) is 10.3. The Morgan fingerprint density at radius 1 is 1.50 bits per heavy atom. The maximum absolute atomic E-state index is 10.3. The van der Waals surface area contributed by atoms with Crippen molar-refractivity contribution < 1.29 is 14.6 Å². The minimum Gasteiger partial charge on any atom is -0.448 e. The monoisotopic (exact) mass is 292 g/mol. The summed E-state index contributed by atoms with van der Waals surface area (Å²) in [5, 5.41) is 13.7. The van der Waals surface area contributed by atoms with E-state index in [9.17, 15) is 9.90 Å². The quantitative estimate of drug-likeness (QED) is 0.697. The van der Waals surface area contributed by atoms with Crippen LogP contribution in [-0.4, -0.2) is 30.9 Å². The number of ether oxygens (including phenoxy) is 1. The van der Waals surface area contributed by atoms with E-state index in [1.165, 1.54) is 0 Å². The molecule has 0 heterocycles. The molecular weight excluding hydrogens is 279 g/mol. The van der Waals surface area contributed by atoms with E-state index in [0.717, 1.165) is 0 Å². The largest absolute Gasteiger partial charge is 0.448 e. The van der Waals surface area contributed by atoms with Crippen molar-refractivity contribution >= 4 is 29.3 Å². The van der Waals surface area contributed by atoms with E-state index >= 15 is 0 Å². The third-order valence-electron chi connectivity index (χ3n) is 2.18. The third kappa shape index (κ3) is 5.10. The number of primary amides is 1. The number of amides is 1. The SMILES string of the molecule is NC(=O)OCCNCC(O)c1cc(Cl)ccc1Cl. The summed E-state index contributed by atoms with van der Waals surface area (Å²) in [6.07, 6.45) is -1.61. The fourth-order valence-corrected chi connectivity index (χ4v) is 1.77. The second-order valence-electron chi connectivity index (χ2n) is 3.55. The summed E-state index contributed by atoms with van der Waals surface area (Å²) in [5.74, 6) is 0. The zero-order valence-electron chi connectivity index (χ0n) is 9.53. The lowest BCUT2D eigenvalue weighted by Gasteiger charge is -2.14. The van der Waals surface area contributed by atoms with E-state index in [0.29, 0.717) is 22.2 Å². The molecule has 1 unspecified atom stereocenters. The maximum Gasteiger partial charge on any atom is 0.404 e. The molecule has 1 aromatic rings. The lowest BCUT2D eigenvalue weighted by Crippen LogP contribution is -2.27. The third-order valence-corrected chi connectivity index (χ3v) is 2.76. The van der Waals surface area contributed by atoms with Gasteiger partial charge in [-0.05, 0) is 18.2 Å². The molecule has 0 fully saturated rings. The standard InChI is InChI=1S/C11H14Cl2N2O3/c12-7-1-2-9(13)8(5-7)10(16)6-15-3-4-18-11(14)17/h1-2,5,10,15-16H,3-4,6H2,(H2,14,17). The first kappa shape index (κ1) is 15.0. The van der Waals surface area contributed by atoms with Crippen LogP contribution in [0.3, 0.4) is 0 Å². The summed E-state index contributed by atoms with van der Waals surface area (Å²) in [7, 11) is 0. The van der Waals surface area contributed by atoms with E-state index in [-0.39, 0.29) is 13.2 Å². The van der Waals surface area contributed by atoms with E-state index < -0.39 is 12.2 Å². The Morgan fingerprint density at radius 2 is 2.22 bits per heavy atom. The molecule has 0 radical (unpaired) electrons. The Kier molecular flexibility index (Phi) is 6.21. The van der Waals surface area contributed by atoms with Crippen molar-refractivity contribution in [2.75, 3.05) is 19.7 Å². The number of hydrogen-bond donors (Lipinski definition) is 3. The molecule has 0 saturated carbocycles. The number of carbonyl (C=O) groups is 1. The van der Waals surface area contributed by atoms with Gasteiger partial charge in [0.1, 0.15) is 6.61 Å². The van der Waals surface area contributed by atoms with E-state index in [2.05, 4.69) is 10.1 Å². The summed E-state index contributed by atoms with van der Waals surface area (Å²) in [5.41, 5.74) is 5.34. The molecule has 0 bridgehead atoms. The average Bonchev–Trinajstić information content (AvgIpc) is 2.31. The molecule has 7 heteroatoms. The molecule has 1 atom stereocenters. The van der Waals surface area contributed by atoms with Gasteiger partial charge in [0, 0.05) is 28.7 Å². The Hall–Kier alpha value is -1.01.